The van der Waals surface area contributed by atoms with E-state index in [1.54, 1.807) is 14.0 Å². The third kappa shape index (κ3) is 3.27. The predicted octanol–water partition coefficient (Wildman–Crippen LogP) is -0.138. The van der Waals surface area contributed by atoms with Gasteiger partial charge < -0.3 is 10.5 Å². The summed E-state index contributed by atoms with van der Waals surface area (Å²) in [6, 6.07) is 1.93. The number of aryl methyl sites for hydroxylation is 1. The zero-order valence-electron chi connectivity index (χ0n) is 11.8. The van der Waals surface area contributed by atoms with E-state index in [1.807, 2.05) is 6.07 Å². The number of rotatable bonds is 7. The van der Waals surface area contributed by atoms with Gasteiger partial charge in [0.05, 0.1) is 18.4 Å². The first-order valence-electron chi connectivity index (χ1n) is 6.01. The van der Waals surface area contributed by atoms with Crippen LogP contribution in [0.5, 0.6) is 0 Å². The molecule has 0 spiro atoms. The molecule has 0 saturated carbocycles. The third-order valence-corrected chi connectivity index (χ3v) is 4.99. The number of sulfonamides is 1. The second-order valence-electron chi connectivity index (χ2n) is 4.23. The minimum absolute atomic E-state index is 0.00552. The highest BCUT2D eigenvalue weighted by Crippen LogP contribution is 2.25. The van der Waals surface area contributed by atoms with Crippen molar-refractivity contribution in [2.24, 2.45) is 7.05 Å². The number of aromatic nitrogens is 2. The predicted molar refractivity (Wildman–Crippen MR) is 73.2 cm³/mol. The Morgan fingerprint density at radius 1 is 1.50 bits per heavy atom. The highest BCUT2D eigenvalue weighted by molar-refractivity contribution is 7.89. The fraction of sp³-hybridized carbons (Fsp3) is 0.636. The van der Waals surface area contributed by atoms with Crippen LogP contribution >= 0.6 is 0 Å². The van der Waals surface area contributed by atoms with Gasteiger partial charge in [-0.15, -0.1) is 0 Å². The van der Waals surface area contributed by atoms with E-state index in [0.717, 1.165) is 0 Å². The van der Waals surface area contributed by atoms with Gasteiger partial charge in [0.15, 0.2) is 5.82 Å². The molecule has 0 aliphatic rings. The first-order valence-corrected chi connectivity index (χ1v) is 7.45. The normalized spacial score (nSPS) is 11.8. The molecule has 1 rings (SSSR count). The average molecular weight is 301 g/mol. The molecule has 0 amide bonds. The molecule has 0 unspecified atom stereocenters. The van der Waals surface area contributed by atoms with E-state index in [1.165, 1.54) is 16.1 Å². The Balaban J connectivity index is 3.18. The lowest BCUT2D eigenvalue weighted by Gasteiger charge is -2.20. The lowest BCUT2D eigenvalue weighted by atomic mass is 10.4. The van der Waals surface area contributed by atoms with Gasteiger partial charge in [0.25, 0.3) is 0 Å². The quantitative estimate of drug-likeness (QED) is 0.749. The highest BCUT2D eigenvalue weighted by atomic mass is 32.2. The molecule has 0 atom stereocenters. The summed E-state index contributed by atoms with van der Waals surface area (Å²) in [6.07, 6.45) is 0.0994. The van der Waals surface area contributed by atoms with Gasteiger partial charge in [-0.25, -0.2) is 8.42 Å². The van der Waals surface area contributed by atoms with Crippen LogP contribution in [0, 0.1) is 18.3 Å². The van der Waals surface area contributed by atoms with Crippen molar-refractivity contribution in [3.05, 3.63) is 5.69 Å². The molecule has 0 radical (unpaired) electrons. The molecule has 0 saturated heterocycles. The van der Waals surface area contributed by atoms with E-state index in [4.69, 9.17) is 15.7 Å². The van der Waals surface area contributed by atoms with Gasteiger partial charge in [-0.2, -0.15) is 14.7 Å². The van der Waals surface area contributed by atoms with Crippen molar-refractivity contribution in [3.63, 3.8) is 0 Å². The lowest BCUT2D eigenvalue weighted by Crippen LogP contribution is -2.35. The molecule has 112 valence electrons. The number of nitrogen functional groups attached to an aromatic ring is 1. The Kier molecular flexibility index (Phi) is 5.50. The Hall–Kier alpha value is -1.63. The molecule has 1 heterocycles. The van der Waals surface area contributed by atoms with Crippen molar-refractivity contribution < 1.29 is 13.2 Å². The first kappa shape index (κ1) is 16.4. The van der Waals surface area contributed by atoms with Crippen molar-refractivity contribution in [2.45, 2.75) is 18.2 Å². The molecular weight excluding hydrogens is 282 g/mol. The number of ether oxygens (including phenoxy) is 1. The molecule has 20 heavy (non-hydrogen) atoms. The molecule has 0 aliphatic heterocycles. The van der Waals surface area contributed by atoms with Crippen molar-refractivity contribution in [1.29, 1.82) is 5.26 Å². The van der Waals surface area contributed by atoms with Gasteiger partial charge in [-0.05, 0) is 6.92 Å². The van der Waals surface area contributed by atoms with E-state index < -0.39 is 10.0 Å². The number of nitriles is 1. The second-order valence-corrected chi connectivity index (χ2v) is 6.10. The minimum atomic E-state index is -3.79. The summed E-state index contributed by atoms with van der Waals surface area (Å²) in [6.45, 7) is 2.13. The summed E-state index contributed by atoms with van der Waals surface area (Å²) in [5.41, 5.74) is 6.15. The van der Waals surface area contributed by atoms with Crippen LogP contribution in [0.4, 0.5) is 5.82 Å². The second kappa shape index (κ2) is 6.69. The Labute approximate surface area is 118 Å². The first-order chi connectivity index (χ1) is 9.36. The van der Waals surface area contributed by atoms with E-state index in [2.05, 4.69) is 5.10 Å². The van der Waals surface area contributed by atoms with Crippen molar-refractivity contribution in [3.8, 4) is 6.07 Å². The monoisotopic (exact) mass is 301 g/mol. The summed E-state index contributed by atoms with van der Waals surface area (Å²) in [7, 11) is -0.683. The van der Waals surface area contributed by atoms with E-state index >= 15 is 0 Å². The van der Waals surface area contributed by atoms with Crippen LogP contribution in [0.2, 0.25) is 0 Å². The maximum Gasteiger partial charge on any atom is 0.248 e. The third-order valence-electron chi connectivity index (χ3n) is 2.92. The van der Waals surface area contributed by atoms with E-state index in [-0.39, 0.29) is 36.8 Å². The molecule has 0 fully saturated rings. The van der Waals surface area contributed by atoms with Gasteiger partial charge in [0.2, 0.25) is 10.0 Å². The minimum Gasteiger partial charge on any atom is -0.383 e. The summed E-state index contributed by atoms with van der Waals surface area (Å²) in [4.78, 5) is -0.00552. The van der Waals surface area contributed by atoms with Crippen LogP contribution in [0.1, 0.15) is 12.1 Å². The molecule has 0 bridgehead atoms. The Bertz CT molecular complexity index is 602. The van der Waals surface area contributed by atoms with Gasteiger partial charge in [-0.3, -0.25) is 4.68 Å². The van der Waals surface area contributed by atoms with Crippen LogP contribution in [0.3, 0.4) is 0 Å². The van der Waals surface area contributed by atoms with Gasteiger partial charge in [0.1, 0.15) is 4.90 Å². The fourth-order valence-corrected chi connectivity index (χ4v) is 3.50. The van der Waals surface area contributed by atoms with Crippen molar-refractivity contribution in [2.75, 3.05) is 32.5 Å². The largest absolute Gasteiger partial charge is 0.383 e. The molecule has 9 heteroatoms. The SMILES string of the molecule is COCCN(CCC#N)S(=O)(=O)c1c(N)nn(C)c1C. The molecule has 1 aromatic rings. The summed E-state index contributed by atoms with van der Waals surface area (Å²) in [5, 5.41) is 12.6. The highest BCUT2D eigenvalue weighted by Gasteiger charge is 2.30. The maximum absolute atomic E-state index is 12.6. The Morgan fingerprint density at radius 2 is 2.15 bits per heavy atom. The Morgan fingerprint density at radius 3 is 2.60 bits per heavy atom. The van der Waals surface area contributed by atoms with Crippen LogP contribution < -0.4 is 5.73 Å². The molecule has 1 aromatic heterocycles. The molecule has 0 aromatic carbocycles. The van der Waals surface area contributed by atoms with Crippen LogP contribution in [-0.2, 0) is 21.8 Å². The van der Waals surface area contributed by atoms with E-state index in [0.29, 0.717) is 5.69 Å². The number of nitrogens with zero attached hydrogens (tertiary/aromatic N) is 4. The number of hydrogen-bond acceptors (Lipinski definition) is 6. The summed E-state index contributed by atoms with van der Waals surface area (Å²) in [5.74, 6) is -0.0376. The number of nitrogens with two attached hydrogens (primary N) is 1. The summed E-state index contributed by atoms with van der Waals surface area (Å²) >= 11 is 0. The maximum atomic E-state index is 12.6. The lowest BCUT2D eigenvalue weighted by molar-refractivity contribution is 0.179. The van der Waals surface area contributed by atoms with Crippen LogP contribution in [-0.4, -0.2) is 49.3 Å². The van der Waals surface area contributed by atoms with E-state index in [9.17, 15) is 8.42 Å². The molecule has 8 nitrogen and oxygen atoms in total. The zero-order chi connectivity index (χ0) is 15.3. The molecule has 2 N–H and O–H groups in total. The van der Waals surface area contributed by atoms with Crippen LogP contribution in [0.15, 0.2) is 4.90 Å². The van der Waals surface area contributed by atoms with Gasteiger partial charge >= 0.3 is 0 Å². The smallest absolute Gasteiger partial charge is 0.248 e. The topological polar surface area (TPSA) is 114 Å². The zero-order valence-corrected chi connectivity index (χ0v) is 12.6. The number of hydrogen-bond donors (Lipinski definition) is 1. The fourth-order valence-electron chi connectivity index (χ4n) is 1.78. The van der Waals surface area contributed by atoms with Crippen molar-refractivity contribution >= 4 is 15.8 Å². The van der Waals surface area contributed by atoms with Crippen molar-refractivity contribution in [1.82, 2.24) is 14.1 Å². The molecule has 0 aliphatic carbocycles. The number of methoxy groups -OCH3 is 1. The van der Waals surface area contributed by atoms with Gasteiger partial charge in [0, 0.05) is 33.7 Å². The standard InChI is InChI=1S/C11H19N5O3S/c1-9-10(11(13)14-15(9)2)20(17,18)16(6-4-5-12)7-8-19-3/h4,6-8H2,1-3H3,(H2,13,14). The number of anilines is 1. The average Bonchev–Trinajstić information content (AvgIpc) is 2.63. The van der Waals surface area contributed by atoms with Crippen LogP contribution in [0.25, 0.3) is 0 Å². The van der Waals surface area contributed by atoms with Gasteiger partial charge in [-0.1, -0.05) is 0 Å². The summed E-state index contributed by atoms with van der Waals surface area (Å²) < 4.78 is 32.8. The molecular formula is C11H19N5O3S.